The molecule has 0 saturated heterocycles. The zero-order valence-electron chi connectivity index (χ0n) is 12.3. The van der Waals surface area contributed by atoms with Crippen LogP contribution in [0.25, 0.3) is 0 Å². The quantitative estimate of drug-likeness (QED) is 0.604. The van der Waals surface area contributed by atoms with Gasteiger partial charge in [-0.25, -0.2) is 0 Å². The molecule has 0 spiro atoms. The van der Waals surface area contributed by atoms with Gasteiger partial charge in [-0.15, -0.1) is 0 Å². The number of hydrogen-bond acceptors (Lipinski definition) is 2. The molecule has 0 fully saturated rings. The van der Waals surface area contributed by atoms with E-state index in [1.54, 1.807) is 0 Å². The standard InChI is InChI=1S/C15H31NO/c1-6-14(7-2)16-12-10-13(3)9-8-11-15(4,5)17/h10,14,16-17H,6-9,11-12H2,1-5H3. The van der Waals surface area contributed by atoms with Crippen molar-refractivity contribution in [3.63, 3.8) is 0 Å². The van der Waals surface area contributed by atoms with Gasteiger partial charge in [0, 0.05) is 12.6 Å². The zero-order valence-corrected chi connectivity index (χ0v) is 12.3. The fourth-order valence-corrected chi connectivity index (χ4v) is 1.88. The maximum absolute atomic E-state index is 9.61. The minimum Gasteiger partial charge on any atom is -0.390 e. The fraction of sp³-hybridized carbons (Fsp3) is 0.867. The molecule has 0 aliphatic rings. The van der Waals surface area contributed by atoms with Crippen LogP contribution in [0.5, 0.6) is 0 Å². The van der Waals surface area contributed by atoms with Crippen LogP contribution in [0.15, 0.2) is 11.6 Å². The molecule has 0 unspecified atom stereocenters. The molecule has 2 nitrogen and oxygen atoms in total. The van der Waals surface area contributed by atoms with E-state index in [0.29, 0.717) is 6.04 Å². The minimum atomic E-state index is -0.520. The Morgan fingerprint density at radius 1 is 1.29 bits per heavy atom. The molecule has 0 radical (unpaired) electrons. The molecule has 0 aliphatic carbocycles. The lowest BCUT2D eigenvalue weighted by Crippen LogP contribution is -2.27. The highest BCUT2D eigenvalue weighted by Gasteiger charge is 2.11. The molecule has 2 heteroatoms. The van der Waals surface area contributed by atoms with E-state index in [-0.39, 0.29) is 0 Å². The first kappa shape index (κ1) is 16.7. The lowest BCUT2D eigenvalue weighted by molar-refractivity contribution is 0.0689. The van der Waals surface area contributed by atoms with Crippen LogP contribution in [0.3, 0.4) is 0 Å². The largest absolute Gasteiger partial charge is 0.390 e. The lowest BCUT2D eigenvalue weighted by atomic mass is 9.99. The molecule has 0 aromatic carbocycles. The summed E-state index contributed by atoms with van der Waals surface area (Å²) >= 11 is 0. The van der Waals surface area contributed by atoms with Crippen LogP contribution in [0.2, 0.25) is 0 Å². The molecule has 0 atom stereocenters. The Hall–Kier alpha value is -0.340. The van der Waals surface area contributed by atoms with Gasteiger partial charge in [0.2, 0.25) is 0 Å². The maximum atomic E-state index is 9.61. The van der Waals surface area contributed by atoms with Crippen molar-refractivity contribution in [3.8, 4) is 0 Å². The number of allylic oxidation sites excluding steroid dienone is 1. The normalized spacial score (nSPS) is 13.5. The zero-order chi connectivity index (χ0) is 13.3. The van der Waals surface area contributed by atoms with Crippen molar-refractivity contribution in [1.29, 1.82) is 0 Å². The molecule has 0 aliphatic heterocycles. The van der Waals surface area contributed by atoms with Crippen LogP contribution < -0.4 is 5.32 Å². The number of nitrogens with one attached hydrogen (secondary N) is 1. The molecule has 0 bridgehead atoms. The smallest absolute Gasteiger partial charge is 0.0591 e. The van der Waals surface area contributed by atoms with Gasteiger partial charge in [-0.05, 0) is 52.9 Å². The van der Waals surface area contributed by atoms with E-state index >= 15 is 0 Å². The van der Waals surface area contributed by atoms with Gasteiger partial charge in [0.1, 0.15) is 0 Å². The highest BCUT2D eigenvalue weighted by Crippen LogP contribution is 2.15. The fourth-order valence-electron chi connectivity index (χ4n) is 1.88. The second kappa shape index (κ2) is 8.71. The van der Waals surface area contributed by atoms with E-state index < -0.39 is 5.60 Å². The minimum absolute atomic E-state index is 0.520. The Morgan fingerprint density at radius 3 is 2.35 bits per heavy atom. The van der Waals surface area contributed by atoms with Crippen LogP contribution in [-0.2, 0) is 0 Å². The number of aliphatic hydroxyl groups is 1. The predicted molar refractivity (Wildman–Crippen MR) is 76.3 cm³/mol. The molecular weight excluding hydrogens is 210 g/mol. The summed E-state index contributed by atoms with van der Waals surface area (Å²) in [5, 5.41) is 13.1. The van der Waals surface area contributed by atoms with Gasteiger partial charge in [-0.1, -0.05) is 25.5 Å². The van der Waals surface area contributed by atoms with E-state index in [9.17, 15) is 5.11 Å². The third-order valence-electron chi connectivity index (χ3n) is 3.20. The van der Waals surface area contributed by atoms with Crippen LogP contribution >= 0.6 is 0 Å². The van der Waals surface area contributed by atoms with Crippen molar-refractivity contribution < 1.29 is 5.11 Å². The summed E-state index contributed by atoms with van der Waals surface area (Å²) in [6.07, 6.45) is 7.70. The van der Waals surface area contributed by atoms with Gasteiger partial charge >= 0.3 is 0 Å². The molecule has 2 N–H and O–H groups in total. The van der Waals surface area contributed by atoms with Crippen LogP contribution in [-0.4, -0.2) is 23.3 Å². The summed E-state index contributed by atoms with van der Waals surface area (Å²) in [5.41, 5.74) is 0.904. The van der Waals surface area contributed by atoms with Gasteiger partial charge in [0.25, 0.3) is 0 Å². The topological polar surface area (TPSA) is 32.3 Å². The van der Waals surface area contributed by atoms with E-state index in [1.165, 1.54) is 18.4 Å². The summed E-state index contributed by atoms with van der Waals surface area (Å²) in [7, 11) is 0. The maximum Gasteiger partial charge on any atom is 0.0591 e. The Morgan fingerprint density at radius 2 is 1.88 bits per heavy atom. The van der Waals surface area contributed by atoms with Gasteiger partial charge < -0.3 is 10.4 Å². The molecule has 17 heavy (non-hydrogen) atoms. The Bertz CT molecular complexity index is 211. The number of rotatable bonds is 9. The summed E-state index contributed by atoms with van der Waals surface area (Å²) in [6, 6.07) is 0.649. The Kier molecular flexibility index (Phi) is 8.53. The van der Waals surface area contributed by atoms with E-state index in [0.717, 1.165) is 25.8 Å². The lowest BCUT2D eigenvalue weighted by Gasteiger charge is -2.16. The molecule has 0 amide bonds. The molecule has 0 aromatic rings. The predicted octanol–water partition coefficient (Wildman–Crippen LogP) is 3.65. The Balaban J connectivity index is 3.72. The van der Waals surface area contributed by atoms with Crippen LogP contribution in [0, 0.1) is 0 Å². The van der Waals surface area contributed by atoms with Gasteiger partial charge in [-0.3, -0.25) is 0 Å². The molecule has 0 saturated carbocycles. The van der Waals surface area contributed by atoms with Crippen molar-refractivity contribution >= 4 is 0 Å². The first-order chi connectivity index (χ1) is 7.89. The molecular formula is C15H31NO. The highest BCUT2D eigenvalue weighted by molar-refractivity contribution is 4.99. The summed E-state index contributed by atoms with van der Waals surface area (Å²) < 4.78 is 0. The van der Waals surface area contributed by atoms with Gasteiger partial charge in [-0.2, -0.15) is 0 Å². The van der Waals surface area contributed by atoms with Crippen molar-refractivity contribution in [2.24, 2.45) is 0 Å². The van der Waals surface area contributed by atoms with E-state index in [2.05, 4.69) is 32.2 Å². The van der Waals surface area contributed by atoms with Gasteiger partial charge in [0.15, 0.2) is 0 Å². The van der Waals surface area contributed by atoms with Crippen molar-refractivity contribution in [2.45, 2.75) is 78.4 Å². The van der Waals surface area contributed by atoms with Crippen LogP contribution in [0.1, 0.15) is 66.7 Å². The van der Waals surface area contributed by atoms with Crippen molar-refractivity contribution in [2.75, 3.05) is 6.54 Å². The first-order valence-electron chi connectivity index (χ1n) is 7.00. The van der Waals surface area contributed by atoms with E-state index in [1.807, 2.05) is 13.8 Å². The second-order valence-electron chi connectivity index (χ2n) is 5.64. The monoisotopic (exact) mass is 241 g/mol. The SMILES string of the molecule is CCC(CC)NCC=C(C)CCCC(C)(C)O. The van der Waals surface area contributed by atoms with E-state index in [4.69, 9.17) is 0 Å². The average Bonchev–Trinajstić information content (AvgIpc) is 2.22. The Labute approximate surface area is 108 Å². The third-order valence-corrected chi connectivity index (χ3v) is 3.20. The number of hydrogen-bond donors (Lipinski definition) is 2. The molecule has 102 valence electrons. The summed E-state index contributed by atoms with van der Waals surface area (Å²) in [5.74, 6) is 0. The highest BCUT2D eigenvalue weighted by atomic mass is 16.3. The average molecular weight is 241 g/mol. The van der Waals surface area contributed by atoms with Gasteiger partial charge in [0.05, 0.1) is 5.60 Å². The van der Waals surface area contributed by atoms with Crippen molar-refractivity contribution in [1.82, 2.24) is 5.32 Å². The first-order valence-corrected chi connectivity index (χ1v) is 7.00. The molecule has 0 rings (SSSR count). The van der Waals surface area contributed by atoms with Crippen molar-refractivity contribution in [3.05, 3.63) is 11.6 Å². The summed E-state index contributed by atoms with van der Waals surface area (Å²) in [6.45, 7) is 11.4. The molecule has 0 aromatic heterocycles. The summed E-state index contributed by atoms with van der Waals surface area (Å²) in [4.78, 5) is 0. The third kappa shape index (κ3) is 10.5. The molecule has 0 heterocycles. The second-order valence-corrected chi connectivity index (χ2v) is 5.64. The van der Waals surface area contributed by atoms with Crippen LogP contribution in [0.4, 0.5) is 0 Å².